The fraction of sp³-hybridized carbons (Fsp3) is 0.500. The Balaban J connectivity index is 2.21. The van der Waals surface area contributed by atoms with Crippen LogP contribution in [0.3, 0.4) is 0 Å². The van der Waals surface area contributed by atoms with Crippen LogP contribution < -0.4 is 0 Å². The molecule has 0 amide bonds. The summed E-state index contributed by atoms with van der Waals surface area (Å²) >= 11 is 0. The number of hydrogen-bond donors (Lipinski definition) is 1. The van der Waals surface area contributed by atoms with Gasteiger partial charge in [-0.1, -0.05) is 0 Å². The summed E-state index contributed by atoms with van der Waals surface area (Å²) in [6.45, 7) is 1.35. The molecule has 0 aliphatic carbocycles. The first-order valence-electron chi connectivity index (χ1n) is 4.63. The second-order valence-corrected chi connectivity index (χ2v) is 3.79. The average molecular weight is 195 g/mol. The predicted molar refractivity (Wildman–Crippen MR) is 50.1 cm³/mol. The predicted octanol–water partition coefficient (Wildman–Crippen LogP) is 1.01. The SMILES string of the molecule is CN1C[C@H](C(=O)O)[C@H](c2ccco2)C1. The summed E-state index contributed by atoms with van der Waals surface area (Å²) in [6.07, 6.45) is 1.59. The average Bonchev–Trinajstić information content (AvgIpc) is 2.70. The molecule has 2 atom stereocenters. The molecule has 1 N–H and O–H groups in total. The maximum Gasteiger partial charge on any atom is 0.308 e. The summed E-state index contributed by atoms with van der Waals surface area (Å²) in [5, 5.41) is 9.03. The van der Waals surface area contributed by atoms with E-state index >= 15 is 0 Å². The highest BCUT2D eigenvalue weighted by Gasteiger charge is 2.38. The molecule has 2 rings (SSSR count). The van der Waals surface area contributed by atoms with E-state index in [4.69, 9.17) is 9.52 Å². The van der Waals surface area contributed by atoms with Gasteiger partial charge in [-0.15, -0.1) is 0 Å². The van der Waals surface area contributed by atoms with E-state index in [0.29, 0.717) is 6.54 Å². The number of aliphatic carboxylic acids is 1. The van der Waals surface area contributed by atoms with Crippen LogP contribution in [0.15, 0.2) is 22.8 Å². The molecular weight excluding hydrogens is 182 g/mol. The van der Waals surface area contributed by atoms with Crippen molar-refractivity contribution < 1.29 is 14.3 Å². The maximum atomic E-state index is 11.0. The van der Waals surface area contributed by atoms with Crippen LogP contribution in [0.25, 0.3) is 0 Å². The van der Waals surface area contributed by atoms with Gasteiger partial charge in [-0.3, -0.25) is 4.79 Å². The molecule has 76 valence electrons. The third-order valence-corrected chi connectivity index (χ3v) is 2.73. The van der Waals surface area contributed by atoms with E-state index in [-0.39, 0.29) is 11.8 Å². The standard InChI is InChI=1S/C10H13NO3/c1-11-5-7(8(6-11)10(12)13)9-3-2-4-14-9/h2-4,7-8H,5-6H2,1H3,(H,12,13)/t7-,8+/m1/s1. The van der Waals surface area contributed by atoms with Crippen LogP contribution in [0.5, 0.6) is 0 Å². The van der Waals surface area contributed by atoms with Crippen molar-refractivity contribution in [3.8, 4) is 0 Å². The van der Waals surface area contributed by atoms with E-state index in [2.05, 4.69) is 0 Å². The minimum Gasteiger partial charge on any atom is -0.481 e. The number of furan rings is 1. The molecule has 0 bridgehead atoms. The Hall–Kier alpha value is -1.29. The molecule has 4 nitrogen and oxygen atoms in total. The van der Waals surface area contributed by atoms with E-state index in [1.807, 2.05) is 18.0 Å². The van der Waals surface area contributed by atoms with Crippen molar-refractivity contribution in [3.05, 3.63) is 24.2 Å². The highest BCUT2D eigenvalue weighted by Crippen LogP contribution is 2.32. The number of hydrogen-bond acceptors (Lipinski definition) is 3. The van der Waals surface area contributed by atoms with Crippen molar-refractivity contribution in [1.82, 2.24) is 4.90 Å². The van der Waals surface area contributed by atoms with Crippen LogP contribution in [0.4, 0.5) is 0 Å². The highest BCUT2D eigenvalue weighted by atomic mass is 16.4. The number of carboxylic acid groups (broad SMARTS) is 1. The Morgan fingerprint density at radius 1 is 1.64 bits per heavy atom. The second kappa shape index (κ2) is 3.46. The van der Waals surface area contributed by atoms with Crippen LogP contribution in [0.1, 0.15) is 11.7 Å². The fourth-order valence-corrected chi connectivity index (χ4v) is 2.04. The van der Waals surface area contributed by atoms with Gasteiger partial charge < -0.3 is 14.4 Å². The molecule has 0 saturated carbocycles. The van der Waals surface area contributed by atoms with Gasteiger partial charge in [0.25, 0.3) is 0 Å². The molecule has 2 heterocycles. The Morgan fingerprint density at radius 3 is 3.00 bits per heavy atom. The third-order valence-electron chi connectivity index (χ3n) is 2.73. The molecule has 1 fully saturated rings. The molecular formula is C10H13NO3. The van der Waals surface area contributed by atoms with E-state index in [9.17, 15) is 4.79 Å². The fourth-order valence-electron chi connectivity index (χ4n) is 2.04. The summed E-state index contributed by atoms with van der Waals surface area (Å²) in [6, 6.07) is 3.65. The van der Waals surface area contributed by atoms with Crippen molar-refractivity contribution in [2.24, 2.45) is 5.92 Å². The van der Waals surface area contributed by atoms with Gasteiger partial charge in [0.15, 0.2) is 0 Å². The molecule has 1 saturated heterocycles. The smallest absolute Gasteiger partial charge is 0.308 e. The van der Waals surface area contributed by atoms with Gasteiger partial charge in [0.05, 0.1) is 12.2 Å². The van der Waals surface area contributed by atoms with Crippen molar-refractivity contribution >= 4 is 5.97 Å². The van der Waals surface area contributed by atoms with E-state index < -0.39 is 5.97 Å². The van der Waals surface area contributed by atoms with Gasteiger partial charge in [0.2, 0.25) is 0 Å². The normalized spacial score (nSPS) is 28.1. The lowest BCUT2D eigenvalue weighted by molar-refractivity contribution is -0.141. The van der Waals surface area contributed by atoms with E-state index in [0.717, 1.165) is 12.3 Å². The first-order chi connectivity index (χ1) is 6.68. The van der Waals surface area contributed by atoms with Gasteiger partial charge in [0.1, 0.15) is 5.76 Å². The number of nitrogens with zero attached hydrogens (tertiary/aromatic N) is 1. The number of carbonyl (C=O) groups is 1. The van der Waals surface area contributed by atoms with Crippen LogP contribution >= 0.6 is 0 Å². The van der Waals surface area contributed by atoms with Crippen molar-refractivity contribution in [2.75, 3.05) is 20.1 Å². The molecule has 1 aliphatic heterocycles. The Morgan fingerprint density at radius 2 is 2.43 bits per heavy atom. The van der Waals surface area contributed by atoms with Gasteiger partial charge in [-0.2, -0.15) is 0 Å². The van der Waals surface area contributed by atoms with Crippen molar-refractivity contribution in [2.45, 2.75) is 5.92 Å². The molecule has 0 unspecified atom stereocenters. The van der Waals surface area contributed by atoms with Gasteiger partial charge in [0, 0.05) is 19.0 Å². The monoisotopic (exact) mass is 195 g/mol. The van der Waals surface area contributed by atoms with Crippen LogP contribution in [-0.4, -0.2) is 36.1 Å². The van der Waals surface area contributed by atoms with Crippen LogP contribution in [0.2, 0.25) is 0 Å². The highest BCUT2D eigenvalue weighted by molar-refractivity contribution is 5.72. The summed E-state index contributed by atoms with van der Waals surface area (Å²) in [5.74, 6) is -0.309. The van der Waals surface area contributed by atoms with E-state index in [1.165, 1.54) is 0 Å². The first kappa shape index (κ1) is 9.27. The van der Waals surface area contributed by atoms with Crippen LogP contribution in [0, 0.1) is 5.92 Å². The Kier molecular flexibility index (Phi) is 2.29. The summed E-state index contributed by atoms with van der Waals surface area (Å²) < 4.78 is 5.26. The van der Waals surface area contributed by atoms with Gasteiger partial charge in [-0.25, -0.2) is 0 Å². The molecule has 1 aliphatic rings. The van der Waals surface area contributed by atoms with Gasteiger partial charge >= 0.3 is 5.97 Å². The lowest BCUT2D eigenvalue weighted by Gasteiger charge is -2.10. The molecule has 0 aromatic carbocycles. The molecule has 1 aromatic rings. The lowest BCUT2D eigenvalue weighted by Crippen LogP contribution is -2.21. The van der Waals surface area contributed by atoms with E-state index in [1.54, 1.807) is 12.3 Å². The summed E-state index contributed by atoms with van der Waals surface area (Å²) in [4.78, 5) is 13.0. The van der Waals surface area contributed by atoms with Crippen LogP contribution in [-0.2, 0) is 4.79 Å². The Bertz CT molecular complexity index is 320. The maximum absolute atomic E-state index is 11.0. The van der Waals surface area contributed by atoms with Crippen molar-refractivity contribution in [3.63, 3.8) is 0 Å². The molecule has 4 heteroatoms. The second-order valence-electron chi connectivity index (χ2n) is 3.79. The largest absolute Gasteiger partial charge is 0.481 e. The number of likely N-dealkylation sites (tertiary alicyclic amines) is 1. The number of rotatable bonds is 2. The topological polar surface area (TPSA) is 53.7 Å². The first-order valence-corrected chi connectivity index (χ1v) is 4.63. The third kappa shape index (κ3) is 1.53. The summed E-state index contributed by atoms with van der Waals surface area (Å²) in [7, 11) is 1.93. The minimum absolute atomic E-state index is 0.00694. The van der Waals surface area contributed by atoms with Crippen molar-refractivity contribution in [1.29, 1.82) is 0 Å². The quantitative estimate of drug-likeness (QED) is 0.765. The summed E-state index contributed by atoms with van der Waals surface area (Å²) in [5.41, 5.74) is 0. The molecule has 0 radical (unpaired) electrons. The zero-order valence-electron chi connectivity index (χ0n) is 8.01. The molecule has 1 aromatic heterocycles. The molecule has 0 spiro atoms. The minimum atomic E-state index is -0.740. The lowest BCUT2D eigenvalue weighted by atomic mass is 9.94. The Labute approximate surface area is 82.1 Å². The number of carboxylic acids is 1. The zero-order valence-corrected chi connectivity index (χ0v) is 8.01. The van der Waals surface area contributed by atoms with Gasteiger partial charge in [-0.05, 0) is 19.2 Å². The zero-order chi connectivity index (χ0) is 10.1. The number of likely N-dealkylation sites (N-methyl/N-ethyl adjacent to an activating group) is 1. The molecule has 14 heavy (non-hydrogen) atoms.